The predicted molar refractivity (Wildman–Crippen MR) is 59.2 cm³/mol. The summed E-state index contributed by atoms with van der Waals surface area (Å²) in [6.45, 7) is 7.01. The molecule has 0 saturated heterocycles. The van der Waals surface area contributed by atoms with E-state index in [4.69, 9.17) is 0 Å². The second-order valence-corrected chi connectivity index (χ2v) is 4.90. The standard InChI is InChI=1S/C11H17N3O/c1-4-12-10-9-7(13-14-10)5-11(2,3)6-8(9)15/h4-6H2,1-3H3,(H2,12,13,14). The van der Waals surface area contributed by atoms with Crippen molar-refractivity contribution in [2.75, 3.05) is 11.9 Å². The smallest absolute Gasteiger partial charge is 0.169 e. The number of hydrogen-bond donors (Lipinski definition) is 2. The Bertz CT molecular complexity index is 393. The molecule has 1 aliphatic carbocycles. The molecule has 1 heterocycles. The number of aromatic amines is 1. The lowest BCUT2D eigenvalue weighted by Gasteiger charge is -2.27. The van der Waals surface area contributed by atoms with Crippen LogP contribution < -0.4 is 5.32 Å². The van der Waals surface area contributed by atoms with E-state index in [1.165, 1.54) is 0 Å². The Labute approximate surface area is 89.5 Å². The minimum atomic E-state index is 0.0557. The Morgan fingerprint density at radius 3 is 2.87 bits per heavy atom. The second kappa shape index (κ2) is 3.36. The third-order valence-electron chi connectivity index (χ3n) is 2.76. The van der Waals surface area contributed by atoms with E-state index in [2.05, 4.69) is 29.4 Å². The van der Waals surface area contributed by atoms with Gasteiger partial charge in [-0.2, -0.15) is 5.10 Å². The van der Waals surface area contributed by atoms with Crippen LogP contribution in [0.25, 0.3) is 0 Å². The van der Waals surface area contributed by atoms with Gasteiger partial charge in [0.1, 0.15) is 0 Å². The van der Waals surface area contributed by atoms with Gasteiger partial charge in [0.15, 0.2) is 11.6 Å². The lowest BCUT2D eigenvalue weighted by Crippen LogP contribution is -2.27. The SMILES string of the molecule is CCNc1n[nH]c2c1C(=O)CC(C)(C)C2. The van der Waals surface area contributed by atoms with Gasteiger partial charge in [-0.15, -0.1) is 0 Å². The normalized spacial score (nSPS) is 18.7. The van der Waals surface area contributed by atoms with Gasteiger partial charge < -0.3 is 5.32 Å². The molecule has 4 heteroatoms. The van der Waals surface area contributed by atoms with E-state index < -0.39 is 0 Å². The quantitative estimate of drug-likeness (QED) is 0.779. The first-order valence-electron chi connectivity index (χ1n) is 5.38. The molecule has 0 atom stereocenters. The number of rotatable bonds is 2. The van der Waals surface area contributed by atoms with Gasteiger partial charge in [0, 0.05) is 18.7 Å². The highest BCUT2D eigenvalue weighted by atomic mass is 16.1. The van der Waals surface area contributed by atoms with Crippen molar-refractivity contribution in [2.45, 2.75) is 33.6 Å². The van der Waals surface area contributed by atoms with Gasteiger partial charge in [-0.1, -0.05) is 13.8 Å². The summed E-state index contributed by atoms with van der Waals surface area (Å²) in [6, 6.07) is 0. The number of hydrogen-bond acceptors (Lipinski definition) is 3. The third-order valence-corrected chi connectivity index (χ3v) is 2.76. The van der Waals surface area contributed by atoms with Gasteiger partial charge in [0.2, 0.25) is 0 Å². The van der Waals surface area contributed by atoms with Gasteiger partial charge in [0.05, 0.1) is 5.56 Å². The number of ketones is 1. The summed E-state index contributed by atoms with van der Waals surface area (Å²) in [7, 11) is 0. The number of nitrogens with one attached hydrogen (secondary N) is 2. The summed E-state index contributed by atoms with van der Waals surface area (Å²) in [4.78, 5) is 12.0. The van der Waals surface area contributed by atoms with Crippen molar-refractivity contribution in [1.29, 1.82) is 0 Å². The molecule has 2 N–H and O–H groups in total. The van der Waals surface area contributed by atoms with E-state index in [1.54, 1.807) is 0 Å². The van der Waals surface area contributed by atoms with Crippen LogP contribution in [0.15, 0.2) is 0 Å². The predicted octanol–water partition coefficient (Wildman–Crippen LogP) is 2.00. The van der Waals surface area contributed by atoms with Gasteiger partial charge in [-0.25, -0.2) is 0 Å². The summed E-state index contributed by atoms with van der Waals surface area (Å²) < 4.78 is 0. The van der Waals surface area contributed by atoms with Crippen LogP contribution in [-0.2, 0) is 6.42 Å². The van der Waals surface area contributed by atoms with Gasteiger partial charge in [0.25, 0.3) is 0 Å². The molecular formula is C11H17N3O. The molecule has 0 spiro atoms. The average molecular weight is 207 g/mol. The van der Waals surface area contributed by atoms with Crippen molar-refractivity contribution >= 4 is 11.6 Å². The zero-order chi connectivity index (χ0) is 11.1. The van der Waals surface area contributed by atoms with Crippen molar-refractivity contribution in [1.82, 2.24) is 10.2 Å². The van der Waals surface area contributed by atoms with E-state index >= 15 is 0 Å². The topological polar surface area (TPSA) is 57.8 Å². The van der Waals surface area contributed by atoms with Crippen LogP contribution in [0.1, 0.15) is 43.2 Å². The zero-order valence-corrected chi connectivity index (χ0v) is 9.48. The van der Waals surface area contributed by atoms with E-state index in [1.807, 2.05) is 6.92 Å². The summed E-state index contributed by atoms with van der Waals surface area (Å²) >= 11 is 0. The minimum Gasteiger partial charge on any atom is -0.368 e. The molecule has 0 saturated carbocycles. The Morgan fingerprint density at radius 1 is 1.47 bits per heavy atom. The first kappa shape index (κ1) is 10.2. The van der Waals surface area contributed by atoms with Crippen molar-refractivity contribution in [3.63, 3.8) is 0 Å². The molecule has 0 aliphatic heterocycles. The Morgan fingerprint density at radius 2 is 2.20 bits per heavy atom. The molecule has 1 aromatic heterocycles. The van der Waals surface area contributed by atoms with Crippen LogP contribution in [0.5, 0.6) is 0 Å². The highest BCUT2D eigenvalue weighted by molar-refractivity contribution is 6.02. The first-order valence-corrected chi connectivity index (χ1v) is 5.38. The molecule has 1 aliphatic rings. The molecule has 0 radical (unpaired) electrons. The maximum atomic E-state index is 12.0. The molecule has 0 aromatic carbocycles. The van der Waals surface area contributed by atoms with Crippen molar-refractivity contribution in [3.8, 4) is 0 Å². The number of carbonyl (C=O) groups excluding carboxylic acids is 1. The summed E-state index contributed by atoms with van der Waals surface area (Å²) in [5.74, 6) is 0.916. The Balaban J connectivity index is 2.39. The monoisotopic (exact) mass is 207 g/mol. The molecule has 1 aromatic rings. The molecule has 0 unspecified atom stereocenters. The minimum absolute atomic E-state index is 0.0557. The van der Waals surface area contributed by atoms with Gasteiger partial charge in [-0.05, 0) is 18.8 Å². The van der Waals surface area contributed by atoms with Crippen molar-refractivity contribution in [3.05, 3.63) is 11.3 Å². The Kier molecular flexibility index (Phi) is 2.29. The van der Waals surface area contributed by atoms with Crippen molar-refractivity contribution < 1.29 is 4.79 Å². The highest BCUT2D eigenvalue weighted by Crippen LogP contribution is 2.36. The fraction of sp³-hybridized carbons (Fsp3) is 0.636. The number of H-pyrrole nitrogens is 1. The number of anilines is 1. The molecule has 0 fully saturated rings. The maximum Gasteiger partial charge on any atom is 0.169 e. The molecule has 4 nitrogen and oxygen atoms in total. The van der Waals surface area contributed by atoms with E-state index in [-0.39, 0.29) is 11.2 Å². The molecule has 15 heavy (non-hydrogen) atoms. The molecule has 0 bridgehead atoms. The molecular weight excluding hydrogens is 190 g/mol. The molecule has 2 rings (SSSR count). The number of Topliss-reactive ketones (excluding diaryl/α,β-unsaturated/α-hetero) is 1. The van der Waals surface area contributed by atoms with Crippen molar-refractivity contribution in [2.24, 2.45) is 5.41 Å². The number of carbonyl (C=O) groups is 1. The molecule has 0 amide bonds. The first-order chi connectivity index (χ1) is 7.03. The maximum absolute atomic E-state index is 12.0. The summed E-state index contributed by atoms with van der Waals surface area (Å²) in [5, 5.41) is 10.2. The number of aromatic nitrogens is 2. The summed E-state index contributed by atoms with van der Waals surface area (Å²) in [5.41, 5.74) is 1.81. The molecule has 82 valence electrons. The van der Waals surface area contributed by atoms with Gasteiger partial charge in [-0.3, -0.25) is 9.89 Å². The Hall–Kier alpha value is -1.32. The lowest BCUT2D eigenvalue weighted by molar-refractivity contribution is 0.0912. The average Bonchev–Trinajstić information content (AvgIpc) is 2.46. The number of fused-ring (bicyclic) bond motifs is 1. The third kappa shape index (κ3) is 1.76. The van der Waals surface area contributed by atoms with Crippen LogP contribution in [-0.4, -0.2) is 22.5 Å². The van der Waals surface area contributed by atoms with Crippen LogP contribution in [0.3, 0.4) is 0 Å². The van der Waals surface area contributed by atoms with E-state index in [9.17, 15) is 4.79 Å². The summed E-state index contributed by atoms with van der Waals surface area (Å²) in [6.07, 6.45) is 1.50. The van der Waals surface area contributed by atoms with Crippen LogP contribution in [0.4, 0.5) is 5.82 Å². The van der Waals surface area contributed by atoms with Crippen LogP contribution >= 0.6 is 0 Å². The van der Waals surface area contributed by atoms with Crippen LogP contribution in [0, 0.1) is 5.41 Å². The fourth-order valence-corrected chi connectivity index (χ4v) is 2.17. The van der Waals surface area contributed by atoms with Gasteiger partial charge >= 0.3 is 0 Å². The second-order valence-electron chi connectivity index (χ2n) is 4.90. The highest BCUT2D eigenvalue weighted by Gasteiger charge is 2.34. The largest absolute Gasteiger partial charge is 0.368 e. The number of nitrogens with zero attached hydrogens (tertiary/aromatic N) is 1. The van der Waals surface area contributed by atoms with E-state index in [0.29, 0.717) is 12.2 Å². The zero-order valence-electron chi connectivity index (χ0n) is 9.48. The fourth-order valence-electron chi connectivity index (χ4n) is 2.17. The van der Waals surface area contributed by atoms with Crippen LogP contribution in [0.2, 0.25) is 0 Å². The lowest BCUT2D eigenvalue weighted by atomic mass is 9.76. The van der Waals surface area contributed by atoms with E-state index in [0.717, 1.165) is 24.2 Å².